The SMILES string of the molecule is C=CCNc1c(N)c(=O)oc2ccccc12. The van der Waals surface area contributed by atoms with Gasteiger partial charge in [-0.15, -0.1) is 6.58 Å². The fourth-order valence-corrected chi connectivity index (χ4v) is 1.53. The highest BCUT2D eigenvalue weighted by Crippen LogP contribution is 2.26. The number of rotatable bonds is 3. The van der Waals surface area contributed by atoms with E-state index in [9.17, 15) is 4.79 Å². The first kappa shape index (κ1) is 10.3. The van der Waals surface area contributed by atoms with Gasteiger partial charge in [0.1, 0.15) is 11.3 Å². The van der Waals surface area contributed by atoms with Crippen LogP contribution >= 0.6 is 0 Å². The largest absolute Gasteiger partial charge is 0.421 e. The molecule has 16 heavy (non-hydrogen) atoms. The van der Waals surface area contributed by atoms with Crippen molar-refractivity contribution in [2.75, 3.05) is 17.6 Å². The summed E-state index contributed by atoms with van der Waals surface area (Å²) < 4.78 is 5.07. The zero-order chi connectivity index (χ0) is 11.5. The third-order valence-electron chi connectivity index (χ3n) is 2.27. The van der Waals surface area contributed by atoms with Crippen LogP contribution in [0.15, 0.2) is 46.1 Å². The topological polar surface area (TPSA) is 68.3 Å². The van der Waals surface area contributed by atoms with Crippen molar-refractivity contribution in [2.24, 2.45) is 0 Å². The molecule has 0 aliphatic rings. The summed E-state index contributed by atoms with van der Waals surface area (Å²) in [7, 11) is 0. The van der Waals surface area contributed by atoms with E-state index >= 15 is 0 Å². The summed E-state index contributed by atoms with van der Waals surface area (Å²) in [6.45, 7) is 4.14. The van der Waals surface area contributed by atoms with E-state index in [0.29, 0.717) is 17.8 Å². The van der Waals surface area contributed by atoms with Crippen LogP contribution in [0.4, 0.5) is 11.4 Å². The maximum absolute atomic E-state index is 11.5. The van der Waals surface area contributed by atoms with Crippen LogP contribution in [0.25, 0.3) is 11.0 Å². The molecular weight excluding hydrogens is 204 g/mol. The highest BCUT2D eigenvalue weighted by Gasteiger charge is 2.10. The Labute approximate surface area is 92.4 Å². The molecule has 4 nitrogen and oxygen atoms in total. The van der Waals surface area contributed by atoms with Gasteiger partial charge in [0.05, 0.1) is 5.69 Å². The quantitative estimate of drug-likeness (QED) is 0.608. The fraction of sp³-hybridized carbons (Fsp3) is 0.0833. The molecule has 0 atom stereocenters. The van der Waals surface area contributed by atoms with Crippen LogP contribution in [-0.4, -0.2) is 6.54 Å². The Morgan fingerprint density at radius 2 is 2.19 bits per heavy atom. The van der Waals surface area contributed by atoms with Crippen molar-refractivity contribution in [2.45, 2.75) is 0 Å². The van der Waals surface area contributed by atoms with Gasteiger partial charge in [-0.3, -0.25) is 0 Å². The van der Waals surface area contributed by atoms with Gasteiger partial charge in [0.2, 0.25) is 0 Å². The Kier molecular flexibility index (Phi) is 2.64. The van der Waals surface area contributed by atoms with Gasteiger partial charge in [0, 0.05) is 11.9 Å². The molecule has 1 aromatic carbocycles. The first-order valence-electron chi connectivity index (χ1n) is 4.90. The minimum absolute atomic E-state index is 0.0977. The molecule has 2 rings (SSSR count). The standard InChI is InChI=1S/C12H12N2O2/c1-2-7-14-11-8-5-3-4-6-9(8)16-12(15)10(11)13/h2-6,14H,1,7,13H2. The van der Waals surface area contributed by atoms with Crippen LogP contribution in [0.2, 0.25) is 0 Å². The van der Waals surface area contributed by atoms with Crippen LogP contribution in [0, 0.1) is 0 Å². The third kappa shape index (κ3) is 1.65. The molecule has 0 unspecified atom stereocenters. The molecule has 0 fully saturated rings. The Morgan fingerprint density at radius 3 is 2.94 bits per heavy atom. The van der Waals surface area contributed by atoms with Crippen molar-refractivity contribution < 1.29 is 4.42 Å². The van der Waals surface area contributed by atoms with E-state index in [1.807, 2.05) is 12.1 Å². The van der Waals surface area contributed by atoms with Crippen molar-refractivity contribution in [1.82, 2.24) is 0 Å². The number of fused-ring (bicyclic) bond motifs is 1. The van der Waals surface area contributed by atoms with Crippen LogP contribution in [0.1, 0.15) is 0 Å². The lowest BCUT2D eigenvalue weighted by atomic mass is 10.2. The maximum Gasteiger partial charge on any atom is 0.361 e. The van der Waals surface area contributed by atoms with E-state index in [2.05, 4.69) is 11.9 Å². The Morgan fingerprint density at radius 1 is 1.44 bits per heavy atom. The van der Waals surface area contributed by atoms with Gasteiger partial charge in [0.25, 0.3) is 0 Å². The number of para-hydroxylation sites is 1. The highest BCUT2D eigenvalue weighted by molar-refractivity contribution is 5.95. The maximum atomic E-state index is 11.5. The number of anilines is 2. The van der Waals surface area contributed by atoms with E-state index < -0.39 is 5.63 Å². The number of benzene rings is 1. The molecule has 0 saturated carbocycles. The predicted molar refractivity (Wildman–Crippen MR) is 65.6 cm³/mol. The molecule has 2 aromatic rings. The monoisotopic (exact) mass is 216 g/mol. The Hall–Kier alpha value is -2.23. The summed E-state index contributed by atoms with van der Waals surface area (Å²) in [5.41, 5.74) is 6.39. The molecule has 0 amide bonds. The lowest BCUT2D eigenvalue weighted by molar-refractivity contribution is 0.565. The van der Waals surface area contributed by atoms with Crippen LogP contribution in [0.5, 0.6) is 0 Å². The van der Waals surface area contributed by atoms with Gasteiger partial charge in [0.15, 0.2) is 0 Å². The average molecular weight is 216 g/mol. The molecule has 0 spiro atoms. The molecular formula is C12H12N2O2. The second-order valence-electron chi connectivity index (χ2n) is 3.34. The van der Waals surface area contributed by atoms with E-state index in [4.69, 9.17) is 10.2 Å². The van der Waals surface area contributed by atoms with Gasteiger partial charge >= 0.3 is 5.63 Å². The van der Waals surface area contributed by atoms with Crippen LogP contribution in [0.3, 0.4) is 0 Å². The van der Waals surface area contributed by atoms with Crippen molar-refractivity contribution >= 4 is 22.3 Å². The molecule has 0 aliphatic heterocycles. The summed E-state index contributed by atoms with van der Waals surface area (Å²) in [6.07, 6.45) is 1.70. The minimum atomic E-state index is -0.523. The summed E-state index contributed by atoms with van der Waals surface area (Å²) >= 11 is 0. The van der Waals surface area contributed by atoms with Gasteiger partial charge in [-0.2, -0.15) is 0 Å². The van der Waals surface area contributed by atoms with Crippen molar-refractivity contribution in [1.29, 1.82) is 0 Å². The van der Waals surface area contributed by atoms with E-state index in [0.717, 1.165) is 5.39 Å². The number of hydrogen-bond acceptors (Lipinski definition) is 4. The number of hydrogen-bond donors (Lipinski definition) is 2. The molecule has 0 saturated heterocycles. The Balaban J connectivity index is 2.71. The zero-order valence-electron chi connectivity index (χ0n) is 8.69. The summed E-state index contributed by atoms with van der Waals surface area (Å²) in [6, 6.07) is 7.24. The normalized spacial score (nSPS) is 10.2. The molecule has 82 valence electrons. The Bertz CT molecular complexity index is 587. The molecule has 0 bridgehead atoms. The van der Waals surface area contributed by atoms with Gasteiger partial charge in [-0.05, 0) is 12.1 Å². The highest BCUT2D eigenvalue weighted by atomic mass is 16.4. The molecule has 1 heterocycles. The zero-order valence-corrected chi connectivity index (χ0v) is 8.69. The van der Waals surface area contributed by atoms with E-state index in [-0.39, 0.29) is 5.69 Å². The van der Waals surface area contributed by atoms with Crippen molar-refractivity contribution in [3.63, 3.8) is 0 Å². The summed E-state index contributed by atoms with van der Waals surface area (Å²) in [4.78, 5) is 11.5. The smallest absolute Gasteiger partial charge is 0.361 e. The first-order valence-corrected chi connectivity index (χ1v) is 4.90. The van der Waals surface area contributed by atoms with Gasteiger partial charge in [-0.1, -0.05) is 18.2 Å². The number of nitrogens with one attached hydrogen (secondary N) is 1. The second kappa shape index (κ2) is 4.10. The first-order chi connectivity index (χ1) is 7.74. The summed E-state index contributed by atoms with van der Waals surface area (Å²) in [5, 5.41) is 3.84. The lowest BCUT2D eigenvalue weighted by Crippen LogP contribution is -2.12. The molecule has 1 aromatic heterocycles. The molecule has 4 heteroatoms. The van der Waals surface area contributed by atoms with Crippen LogP contribution < -0.4 is 16.7 Å². The van der Waals surface area contributed by atoms with Crippen molar-refractivity contribution in [3.8, 4) is 0 Å². The summed E-state index contributed by atoms with van der Waals surface area (Å²) in [5.74, 6) is 0. The van der Waals surface area contributed by atoms with Gasteiger partial charge in [-0.25, -0.2) is 4.79 Å². The fourth-order valence-electron chi connectivity index (χ4n) is 1.53. The number of nitrogens with two attached hydrogens (primary N) is 1. The third-order valence-corrected chi connectivity index (χ3v) is 2.27. The molecule has 0 aliphatic carbocycles. The predicted octanol–water partition coefficient (Wildman–Crippen LogP) is 1.97. The van der Waals surface area contributed by atoms with E-state index in [1.165, 1.54) is 0 Å². The van der Waals surface area contributed by atoms with E-state index in [1.54, 1.807) is 18.2 Å². The molecule has 3 N–H and O–H groups in total. The average Bonchev–Trinajstić information content (AvgIpc) is 2.30. The lowest BCUT2D eigenvalue weighted by Gasteiger charge is -2.09. The van der Waals surface area contributed by atoms with Gasteiger partial charge < -0.3 is 15.5 Å². The second-order valence-corrected chi connectivity index (χ2v) is 3.34. The minimum Gasteiger partial charge on any atom is -0.421 e. The van der Waals surface area contributed by atoms with Crippen LogP contribution in [-0.2, 0) is 0 Å². The van der Waals surface area contributed by atoms with Crippen molar-refractivity contribution in [3.05, 3.63) is 47.3 Å². The molecule has 0 radical (unpaired) electrons. The number of nitrogen functional groups attached to an aromatic ring is 1.